The zero-order valence-corrected chi connectivity index (χ0v) is 31.1. The van der Waals surface area contributed by atoms with Crippen LogP contribution in [0, 0.1) is 0 Å². The third-order valence-corrected chi connectivity index (χ3v) is 10.2. The lowest BCUT2D eigenvalue weighted by Gasteiger charge is -2.24. The molecule has 0 spiro atoms. The third kappa shape index (κ3) is 13.1. The van der Waals surface area contributed by atoms with Crippen LogP contribution in [0.15, 0.2) is 106 Å². The van der Waals surface area contributed by atoms with E-state index in [1.807, 2.05) is 71.6 Å². The van der Waals surface area contributed by atoms with Crippen LogP contribution in [0.5, 0.6) is 0 Å². The molecule has 0 aliphatic carbocycles. The molecule has 282 valence electrons. The lowest BCUT2D eigenvalue weighted by molar-refractivity contribution is -0.192. The van der Waals surface area contributed by atoms with Crippen LogP contribution >= 0.6 is 15.9 Å². The van der Waals surface area contributed by atoms with Crippen molar-refractivity contribution in [1.82, 2.24) is 15.1 Å². The van der Waals surface area contributed by atoms with E-state index in [4.69, 9.17) is 15.0 Å². The smallest absolute Gasteiger partial charge is 0.475 e. The molecule has 15 heteroatoms. The first-order chi connectivity index (χ1) is 25.1. The lowest BCUT2D eigenvalue weighted by atomic mass is 10.0. The number of likely N-dealkylation sites (tertiary alicyclic amines) is 1. The fourth-order valence-electron chi connectivity index (χ4n) is 5.66. The molecule has 1 aliphatic heterocycles. The Labute approximate surface area is 315 Å². The number of aliphatic carboxylic acids is 1. The normalized spacial score (nSPS) is 13.2. The lowest BCUT2D eigenvalue weighted by Crippen LogP contribution is -2.33. The van der Waals surface area contributed by atoms with Crippen molar-refractivity contribution < 1.29 is 41.1 Å². The van der Waals surface area contributed by atoms with Gasteiger partial charge in [-0.25, -0.2) is 18.4 Å². The number of sulfonamides is 1. The van der Waals surface area contributed by atoms with Crippen LogP contribution in [0.25, 0.3) is 11.1 Å². The monoisotopic (exact) mass is 816 g/mol. The molecule has 4 N–H and O–H groups in total. The minimum atomic E-state index is -5.08. The van der Waals surface area contributed by atoms with E-state index in [-0.39, 0.29) is 23.1 Å². The zero-order chi connectivity index (χ0) is 38.6. The van der Waals surface area contributed by atoms with Gasteiger partial charge in [0.2, 0.25) is 15.9 Å². The van der Waals surface area contributed by atoms with Crippen molar-refractivity contribution in [3.8, 4) is 11.1 Å². The van der Waals surface area contributed by atoms with Gasteiger partial charge in [0.15, 0.2) is 0 Å². The van der Waals surface area contributed by atoms with Gasteiger partial charge in [0.1, 0.15) is 0 Å². The summed E-state index contributed by atoms with van der Waals surface area (Å²) < 4.78 is 56.0. The van der Waals surface area contributed by atoms with E-state index in [0.29, 0.717) is 31.6 Å². The largest absolute Gasteiger partial charge is 0.490 e. The molecule has 1 heterocycles. The van der Waals surface area contributed by atoms with Gasteiger partial charge in [-0.2, -0.15) is 13.2 Å². The number of halogens is 4. The van der Waals surface area contributed by atoms with Crippen molar-refractivity contribution >= 4 is 43.7 Å². The number of hydrogen-bond donors (Lipinski definition) is 3. The van der Waals surface area contributed by atoms with Crippen molar-refractivity contribution in [3.05, 3.63) is 124 Å². The van der Waals surface area contributed by atoms with Crippen LogP contribution in [-0.2, 0) is 39.0 Å². The third-order valence-electron chi connectivity index (χ3n) is 8.49. The Hall–Kier alpha value is -4.57. The van der Waals surface area contributed by atoms with E-state index >= 15 is 0 Å². The summed E-state index contributed by atoms with van der Waals surface area (Å²) in [6, 6.07) is 29.8. The number of carboxylic acid groups (broad SMARTS) is 1. The molecule has 0 unspecified atom stereocenters. The number of benzene rings is 4. The first kappa shape index (κ1) is 41.2. The Kier molecular flexibility index (Phi) is 14.7. The number of nitrogens with one attached hydrogen (secondary N) is 1. The molecule has 53 heavy (non-hydrogen) atoms. The minimum Gasteiger partial charge on any atom is -0.475 e. The molecule has 4 aromatic carbocycles. The van der Waals surface area contributed by atoms with Crippen molar-refractivity contribution in [1.29, 1.82) is 0 Å². The number of nitrogens with two attached hydrogens (primary N) is 1. The minimum absolute atomic E-state index is 0.0222. The molecule has 4 aromatic rings. The summed E-state index contributed by atoms with van der Waals surface area (Å²) in [6.45, 7) is 4.52. The maximum absolute atomic E-state index is 13.7. The van der Waals surface area contributed by atoms with Crippen LogP contribution in [0.3, 0.4) is 0 Å². The number of alkyl halides is 3. The van der Waals surface area contributed by atoms with Crippen LogP contribution < -0.4 is 10.5 Å². The summed E-state index contributed by atoms with van der Waals surface area (Å²) >= 11 is 3.56. The van der Waals surface area contributed by atoms with Gasteiger partial charge < -0.3 is 20.2 Å². The quantitative estimate of drug-likeness (QED) is 0.149. The van der Waals surface area contributed by atoms with Crippen molar-refractivity contribution in [3.63, 3.8) is 0 Å². The molecular formula is C38H40BrF3N4O6S. The average molecular weight is 818 g/mol. The molecule has 1 fully saturated rings. The van der Waals surface area contributed by atoms with Gasteiger partial charge in [0.25, 0.3) is 5.91 Å². The SMILES string of the molecule is NS(=O)(=O)c1ccc(CCN(Cc2cccc(-c3cccc(C(=O)NCCN4CCCC4)c3)c2)C(=O)Cc2ccccc2Br)cc1.O=C(O)C(F)(F)F. The number of amides is 2. The van der Waals surface area contributed by atoms with Gasteiger partial charge in [0, 0.05) is 36.2 Å². The summed E-state index contributed by atoms with van der Waals surface area (Å²) in [4.78, 5) is 39.7. The zero-order valence-electron chi connectivity index (χ0n) is 28.7. The maximum atomic E-state index is 13.7. The van der Waals surface area contributed by atoms with Crippen LogP contribution in [0.1, 0.15) is 39.9 Å². The van der Waals surface area contributed by atoms with Crippen molar-refractivity contribution in [2.45, 2.75) is 43.3 Å². The highest BCUT2D eigenvalue weighted by molar-refractivity contribution is 9.10. The molecule has 0 saturated carbocycles. The number of carbonyl (C=O) groups is 3. The van der Waals surface area contributed by atoms with Gasteiger partial charge in [0.05, 0.1) is 11.3 Å². The molecule has 1 aliphatic rings. The molecular weight excluding hydrogens is 777 g/mol. The fraction of sp³-hybridized carbons (Fsp3) is 0.289. The fourth-order valence-corrected chi connectivity index (χ4v) is 6.60. The Bertz CT molecular complexity index is 1990. The Balaban J connectivity index is 0.000000815. The number of primary sulfonamides is 1. The number of carbonyl (C=O) groups excluding carboxylic acids is 2. The topological polar surface area (TPSA) is 150 Å². The highest BCUT2D eigenvalue weighted by Crippen LogP contribution is 2.24. The van der Waals surface area contributed by atoms with Gasteiger partial charge >= 0.3 is 12.1 Å². The Morgan fingerprint density at radius 1 is 0.868 bits per heavy atom. The standard InChI is InChI=1S/C36H39BrN4O4S.C2HF3O2/c37-34-12-2-1-8-31(34)25-35(42)41(21-17-27-13-15-33(16-14-27)46(38,44)45)26-28-7-5-9-29(23-28)30-10-6-11-32(24-30)36(43)39-18-22-40-19-3-4-20-40;3-2(4,5)1(6)7/h1-2,5-16,23-24H,3-4,17-22,25-26H2,(H,39,43)(H2,38,44,45);(H,6,7). The molecule has 0 radical (unpaired) electrons. The second kappa shape index (κ2) is 19.0. The van der Waals surface area contributed by atoms with E-state index in [1.54, 1.807) is 12.1 Å². The summed E-state index contributed by atoms with van der Waals surface area (Å²) in [5, 5.41) is 15.4. The highest BCUT2D eigenvalue weighted by Gasteiger charge is 2.38. The van der Waals surface area contributed by atoms with E-state index in [2.05, 4.69) is 32.2 Å². The summed E-state index contributed by atoms with van der Waals surface area (Å²) in [6.07, 6.45) is -1.85. The van der Waals surface area contributed by atoms with Crippen LogP contribution in [-0.4, -0.2) is 80.0 Å². The van der Waals surface area contributed by atoms with Gasteiger partial charge in [-0.3, -0.25) is 9.59 Å². The molecule has 1 saturated heterocycles. The van der Waals surface area contributed by atoms with E-state index < -0.39 is 22.2 Å². The van der Waals surface area contributed by atoms with E-state index in [0.717, 1.165) is 51.9 Å². The molecule has 0 bridgehead atoms. The first-order valence-electron chi connectivity index (χ1n) is 16.7. The average Bonchev–Trinajstić information content (AvgIpc) is 3.64. The first-order valence-corrected chi connectivity index (χ1v) is 19.1. The van der Waals surface area contributed by atoms with Crippen molar-refractivity contribution in [2.24, 2.45) is 5.14 Å². The summed E-state index contributed by atoms with van der Waals surface area (Å²) in [5.74, 6) is -2.86. The van der Waals surface area contributed by atoms with Gasteiger partial charge in [-0.15, -0.1) is 0 Å². The number of rotatable bonds is 13. The predicted molar refractivity (Wildman–Crippen MR) is 198 cm³/mol. The Morgan fingerprint density at radius 2 is 1.49 bits per heavy atom. The number of nitrogens with zero attached hydrogens (tertiary/aromatic N) is 2. The summed E-state index contributed by atoms with van der Waals surface area (Å²) in [7, 11) is -3.78. The number of carboxylic acids is 1. The molecule has 0 atom stereocenters. The van der Waals surface area contributed by atoms with Gasteiger partial charge in [-0.1, -0.05) is 76.6 Å². The van der Waals surface area contributed by atoms with E-state index in [9.17, 15) is 31.2 Å². The second-order valence-electron chi connectivity index (χ2n) is 12.4. The number of hydrogen-bond acceptors (Lipinski definition) is 6. The van der Waals surface area contributed by atoms with Crippen LogP contribution in [0.2, 0.25) is 0 Å². The predicted octanol–water partition coefficient (Wildman–Crippen LogP) is 6.04. The van der Waals surface area contributed by atoms with Crippen LogP contribution in [0.4, 0.5) is 13.2 Å². The highest BCUT2D eigenvalue weighted by atomic mass is 79.9. The maximum Gasteiger partial charge on any atom is 0.490 e. The second-order valence-corrected chi connectivity index (χ2v) is 14.8. The Morgan fingerprint density at radius 3 is 2.11 bits per heavy atom. The molecule has 5 rings (SSSR count). The molecule has 2 amide bonds. The molecule has 0 aromatic heterocycles. The van der Waals surface area contributed by atoms with E-state index in [1.165, 1.54) is 25.0 Å². The summed E-state index contributed by atoms with van der Waals surface area (Å²) in [5.41, 5.74) is 5.26. The van der Waals surface area contributed by atoms with Gasteiger partial charge in [-0.05, 0) is 96.6 Å². The molecule has 10 nitrogen and oxygen atoms in total. The van der Waals surface area contributed by atoms with Crippen molar-refractivity contribution in [2.75, 3.05) is 32.7 Å².